The summed E-state index contributed by atoms with van der Waals surface area (Å²) >= 11 is 0. The summed E-state index contributed by atoms with van der Waals surface area (Å²) in [7, 11) is 0. The minimum absolute atomic E-state index is 0.643. The second-order valence-corrected chi connectivity index (χ2v) is 6.86. The third kappa shape index (κ3) is 3.07. The highest BCUT2D eigenvalue weighted by Crippen LogP contribution is 2.39. The van der Waals surface area contributed by atoms with Gasteiger partial charge in [0.1, 0.15) is 11.6 Å². The van der Waals surface area contributed by atoms with E-state index in [2.05, 4.69) is 42.0 Å². The van der Waals surface area contributed by atoms with Crippen LogP contribution >= 0.6 is 0 Å². The van der Waals surface area contributed by atoms with Crippen molar-refractivity contribution in [2.75, 3.05) is 6.54 Å². The van der Waals surface area contributed by atoms with Crippen molar-refractivity contribution < 1.29 is 4.42 Å². The van der Waals surface area contributed by atoms with Gasteiger partial charge >= 0.3 is 0 Å². The van der Waals surface area contributed by atoms with Crippen molar-refractivity contribution in [3.05, 3.63) is 59.3 Å². The summed E-state index contributed by atoms with van der Waals surface area (Å²) in [6.45, 7) is 3.35. The van der Waals surface area contributed by atoms with Gasteiger partial charge in [-0.3, -0.25) is 4.90 Å². The van der Waals surface area contributed by atoms with E-state index in [1.54, 1.807) is 0 Å². The second kappa shape index (κ2) is 6.07. The molecule has 2 aliphatic rings. The Balaban J connectivity index is 1.24. The van der Waals surface area contributed by atoms with E-state index < -0.39 is 0 Å². The quantitative estimate of drug-likeness (QED) is 0.711. The Bertz CT molecular complexity index is 867. The van der Waals surface area contributed by atoms with Gasteiger partial charge in [-0.1, -0.05) is 30.3 Å². The molecule has 1 aliphatic carbocycles. The molecule has 3 aromatic rings. The zero-order valence-electron chi connectivity index (χ0n) is 14.0. The number of fused-ring (bicyclic) bond motifs is 1. The van der Waals surface area contributed by atoms with Crippen molar-refractivity contribution in [3.63, 3.8) is 0 Å². The number of hydrogen-bond acceptors (Lipinski definition) is 6. The van der Waals surface area contributed by atoms with Crippen molar-refractivity contribution in [1.82, 2.24) is 29.9 Å². The molecule has 1 aliphatic heterocycles. The maximum absolute atomic E-state index is 5.83. The molecule has 1 aromatic carbocycles. The van der Waals surface area contributed by atoms with E-state index in [-0.39, 0.29) is 0 Å². The lowest BCUT2D eigenvalue weighted by Gasteiger charge is -2.26. The first-order valence-corrected chi connectivity index (χ1v) is 8.84. The Morgan fingerprint density at radius 3 is 2.64 bits per heavy atom. The van der Waals surface area contributed by atoms with Gasteiger partial charge in [0.2, 0.25) is 11.8 Å². The molecule has 0 saturated heterocycles. The average Bonchev–Trinajstić information content (AvgIpc) is 3.25. The van der Waals surface area contributed by atoms with Crippen LogP contribution in [0.15, 0.2) is 34.7 Å². The minimum Gasteiger partial charge on any atom is -0.424 e. The van der Waals surface area contributed by atoms with Crippen LogP contribution in [0, 0.1) is 0 Å². The fourth-order valence-electron chi connectivity index (χ4n) is 3.39. The van der Waals surface area contributed by atoms with E-state index in [1.165, 1.54) is 24.2 Å². The van der Waals surface area contributed by atoms with Crippen molar-refractivity contribution >= 4 is 0 Å². The van der Waals surface area contributed by atoms with Gasteiger partial charge in [-0.05, 0) is 18.4 Å². The minimum atomic E-state index is 0.643. The van der Waals surface area contributed by atoms with Gasteiger partial charge in [-0.25, -0.2) is 0 Å². The van der Waals surface area contributed by atoms with Crippen LogP contribution in [0.2, 0.25) is 0 Å². The van der Waals surface area contributed by atoms with Gasteiger partial charge < -0.3 is 8.98 Å². The summed E-state index contributed by atoms with van der Waals surface area (Å²) in [5.41, 5.74) is 1.18. The van der Waals surface area contributed by atoms with E-state index in [9.17, 15) is 0 Å². The van der Waals surface area contributed by atoms with Crippen LogP contribution in [0.5, 0.6) is 0 Å². The Morgan fingerprint density at radius 1 is 0.960 bits per heavy atom. The van der Waals surface area contributed by atoms with E-state index in [0.717, 1.165) is 25.5 Å². The van der Waals surface area contributed by atoms with Crippen LogP contribution in [-0.4, -0.2) is 36.4 Å². The molecular formula is C18H20N6O. The number of hydrogen-bond donors (Lipinski definition) is 0. The third-order valence-corrected chi connectivity index (χ3v) is 4.87. The van der Waals surface area contributed by atoms with Gasteiger partial charge in [-0.15, -0.1) is 20.4 Å². The smallest absolute Gasteiger partial charge is 0.230 e. The van der Waals surface area contributed by atoms with Crippen LogP contribution < -0.4 is 0 Å². The van der Waals surface area contributed by atoms with Gasteiger partial charge in [0, 0.05) is 19.0 Å². The molecule has 5 rings (SSSR count). The zero-order chi connectivity index (χ0) is 16.6. The van der Waals surface area contributed by atoms with Crippen molar-refractivity contribution in [1.29, 1.82) is 0 Å². The molecule has 0 N–H and O–H groups in total. The SMILES string of the molecule is c1ccc(Cc2nnc(CN3CCn4c(nnc4C4CC4)C3)o2)cc1. The summed E-state index contributed by atoms with van der Waals surface area (Å²) in [6, 6.07) is 10.2. The van der Waals surface area contributed by atoms with Gasteiger partial charge in [0.25, 0.3) is 0 Å². The highest BCUT2D eigenvalue weighted by molar-refractivity contribution is 5.17. The number of nitrogens with zero attached hydrogens (tertiary/aromatic N) is 6. The summed E-state index contributed by atoms with van der Waals surface area (Å²) < 4.78 is 8.12. The Morgan fingerprint density at radius 2 is 1.80 bits per heavy atom. The predicted molar refractivity (Wildman–Crippen MR) is 89.7 cm³/mol. The molecule has 3 heterocycles. The fourth-order valence-corrected chi connectivity index (χ4v) is 3.39. The van der Waals surface area contributed by atoms with E-state index in [0.29, 0.717) is 30.7 Å². The molecule has 25 heavy (non-hydrogen) atoms. The molecule has 2 aromatic heterocycles. The first kappa shape index (κ1) is 14.8. The second-order valence-electron chi connectivity index (χ2n) is 6.86. The van der Waals surface area contributed by atoms with Crippen LogP contribution in [0.4, 0.5) is 0 Å². The first-order valence-electron chi connectivity index (χ1n) is 8.84. The maximum Gasteiger partial charge on any atom is 0.230 e. The van der Waals surface area contributed by atoms with Crippen molar-refractivity contribution in [3.8, 4) is 0 Å². The van der Waals surface area contributed by atoms with Crippen LogP contribution in [0.1, 0.15) is 47.8 Å². The molecule has 0 amide bonds. The fraction of sp³-hybridized carbons (Fsp3) is 0.444. The van der Waals surface area contributed by atoms with E-state index in [1.807, 2.05) is 18.2 Å². The molecule has 1 fully saturated rings. The lowest BCUT2D eigenvalue weighted by Crippen LogP contribution is -2.34. The standard InChI is InChI=1S/C18H20N6O/c1-2-4-13(5-3-1)10-16-20-21-17(25-16)12-23-8-9-24-15(11-23)19-22-18(24)14-6-7-14/h1-5,14H,6-12H2. The van der Waals surface area contributed by atoms with Crippen LogP contribution in [0.3, 0.4) is 0 Å². The zero-order valence-corrected chi connectivity index (χ0v) is 14.0. The molecule has 1 saturated carbocycles. The summed E-state index contributed by atoms with van der Waals surface area (Å²) in [4.78, 5) is 2.29. The van der Waals surface area contributed by atoms with Gasteiger partial charge in [0.15, 0.2) is 0 Å². The summed E-state index contributed by atoms with van der Waals surface area (Å²) in [6.07, 6.45) is 3.19. The number of aromatic nitrogens is 5. The molecule has 0 radical (unpaired) electrons. The number of benzene rings is 1. The van der Waals surface area contributed by atoms with Gasteiger partial charge in [-0.2, -0.15) is 0 Å². The van der Waals surface area contributed by atoms with E-state index >= 15 is 0 Å². The summed E-state index contributed by atoms with van der Waals surface area (Å²) in [5.74, 6) is 4.21. The Labute approximate surface area is 145 Å². The molecule has 0 bridgehead atoms. The lowest BCUT2D eigenvalue weighted by atomic mass is 10.2. The molecule has 7 heteroatoms. The Hall–Kier alpha value is -2.54. The van der Waals surface area contributed by atoms with Gasteiger partial charge in [0.05, 0.1) is 19.5 Å². The van der Waals surface area contributed by atoms with Crippen LogP contribution in [-0.2, 0) is 26.1 Å². The molecule has 7 nitrogen and oxygen atoms in total. The largest absolute Gasteiger partial charge is 0.424 e. The Kier molecular flexibility index (Phi) is 3.59. The summed E-state index contributed by atoms with van der Waals surface area (Å²) in [5, 5.41) is 17.1. The maximum atomic E-state index is 5.83. The molecule has 0 atom stereocenters. The molecule has 0 unspecified atom stereocenters. The van der Waals surface area contributed by atoms with Crippen molar-refractivity contribution in [2.24, 2.45) is 0 Å². The lowest BCUT2D eigenvalue weighted by molar-refractivity contribution is 0.188. The topological polar surface area (TPSA) is 72.9 Å². The first-order chi connectivity index (χ1) is 12.3. The predicted octanol–water partition coefficient (Wildman–Crippen LogP) is 2.15. The molecule has 128 valence electrons. The average molecular weight is 336 g/mol. The normalized spacial score (nSPS) is 17.6. The monoisotopic (exact) mass is 336 g/mol. The molecule has 0 spiro atoms. The number of rotatable bonds is 5. The van der Waals surface area contributed by atoms with E-state index in [4.69, 9.17) is 4.42 Å². The highest BCUT2D eigenvalue weighted by Gasteiger charge is 2.32. The van der Waals surface area contributed by atoms with Crippen molar-refractivity contribution in [2.45, 2.75) is 44.8 Å². The van der Waals surface area contributed by atoms with Crippen LogP contribution in [0.25, 0.3) is 0 Å². The molecular weight excluding hydrogens is 316 g/mol. The third-order valence-electron chi connectivity index (χ3n) is 4.87. The highest BCUT2D eigenvalue weighted by atomic mass is 16.4.